The van der Waals surface area contributed by atoms with Crippen molar-refractivity contribution < 1.29 is 14.0 Å². The van der Waals surface area contributed by atoms with Gasteiger partial charge in [0.15, 0.2) is 12.0 Å². The van der Waals surface area contributed by atoms with E-state index in [0.717, 1.165) is 5.75 Å². The Labute approximate surface area is 81.0 Å². The van der Waals surface area contributed by atoms with Crippen molar-refractivity contribution in [3.63, 3.8) is 0 Å². The van der Waals surface area contributed by atoms with Crippen LogP contribution in [-0.2, 0) is 0 Å². The van der Waals surface area contributed by atoms with E-state index < -0.39 is 0 Å². The molecule has 0 amide bonds. The zero-order valence-corrected chi connectivity index (χ0v) is 7.64. The minimum Gasteiger partial charge on any atom is -0.497 e. The van der Waals surface area contributed by atoms with E-state index in [1.807, 2.05) is 24.3 Å². The zero-order chi connectivity index (χ0) is 9.80. The summed E-state index contributed by atoms with van der Waals surface area (Å²) in [4.78, 5) is 0. The van der Waals surface area contributed by atoms with Gasteiger partial charge in [0.2, 0.25) is 0 Å². The predicted molar refractivity (Wildman–Crippen MR) is 49.6 cm³/mol. The molecule has 0 N–H and O–H groups in total. The molecule has 1 heterocycles. The van der Waals surface area contributed by atoms with Crippen LogP contribution in [0.15, 0.2) is 41.2 Å². The summed E-state index contributed by atoms with van der Waals surface area (Å²) in [5, 5.41) is 3.53. The summed E-state index contributed by atoms with van der Waals surface area (Å²) < 4.78 is 15.1. The molecule has 0 atom stereocenters. The Morgan fingerprint density at radius 3 is 2.36 bits per heavy atom. The van der Waals surface area contributed by atoms with Gasteiger partial charge in [-0.2, -0.15) is 0 Å². The van der Waals surface area contributed by atoms with Crippen molar-refractivity contribution >= 4 is 0 Å². The fraction of sp³-hybridized carbons (Fsp3) is 0.100. The Bertz CT molecular complexity index is 380. The minimum absolute atomic E-state index is 0.579. The molecule has 4 nitrogen and oxygen atoms in total. The second-order valence-corrected chi connectivity index (χ2v) is 2.64. The summed E-state index contributed by atoms with van der Waals surface area (Å²) in [7, 11) is 1.62. The van der Waals surface area contributed by atoms with E-state index >= 15 is 0 Å². The number of methoxy groups -OCH3 is 1. The minimum atomic E-state index is 0.579. The van der Waals surface area contributed by atoms with Gasteiger partial charge in [0.1, 0.15) is 17.7 Å². The largest absolute Gasteiger partial charge is 0.497 e. The summed E-state index contributed by atoms with van der Waals surface area (Å²) in [5.74, 6) is 2.09. The second kappa shape index (κ2) is 3.83. The highest BCUT2D eigenvalue weighted by Crippen LogP contribution is 2.22. The van der Waals surface area contributed by atoms with Crippen LogP contribution in [0.4, 0.5) is 0 Å². The fourth-order valence-electron chi connectivity index (χ4n) is 1.03. The van der Waals surface area contributed by atoms with Crippen molar-refractivity contribution in [2.24, 2.45) is 0 Å². The van der Waals surface area contributed by atoms with Gasteiger partial charge < -0.3 is 14.0 Å². The van der Waals surface area contributed by atoms with E-state index in [4.69, 9.17) is 9.47 Å². The fourth-order valence-corrected chi connectivity index (χ4v) is 1.03. The monoisotopic (exact) mass is 191 g/mol. The topological polar surface area (TPSA) is 44.5 Å². The molecule has 0 aliphatic rings. The molecule has 1 aromatic carbocycles. The lowest BCUT2D eigenvalue weighted by molar-refractivity contribution is 0.407. The van der Waals surface area contributed by atoms with Gasteiger partial charge in [-0.3, -0.25) is 0 Å². The van der Waals surface area contributed by atoms with Gasteiger partial charge in [-0.25, -0.2) is 0 Å². The molecule has 4 heteroatoms. The molecule has 0 saturated heterocycles. The van der Waals surface area contributed by atoms with Crippen LogP contribution in [0.1, 0.15) is 0 Å². The number of hydrogen-bond acceptors (Lipinski definition) is 4. The average Bonchev–Trinajstić information content (AvgIpc) is 2.72. The standard InChI is InChI=1S/C10H9NO3/c1-12-8-2-4-9(5-3-8)14-10-6-11-13-7-10/h2-7H,1H3. The maximum absolute atomic E-state index is 5.41. The van der Waals surface area contributed by atoms with Crippen molar-refractivity contribution in [2.75, 3.05) is 7.11 Å². The lowest BCUT2D eigenvalue weighted by atomic mass is 10.3. The van der Waals surface area contributed by atoms with Gasteiger partial charge >= 0.3 is 0 Å². The number of hydrogen-bond donors (Lipinski definition) is 0. The number of nitrogens with zero attached hydrogens (tertiary/aromatic N) is 1. The Kier molecular flexibility index (Phi) is 2.36. The van der Waals surface area contributed by atoms with Crippen LogP contribution < -0.4 is 9.47 Å². The summed E-state index contributed by atoms with van der Waals surface area (Å²) in [5.41, 5.74) is 0. The average molecular weight is 191 g/mol. The number of rotatable bonds is 3. The third-order valence-electron chi connectivity index (χ3n) is 1.70. The molecule has 0 saturated carbocycles. The van der Waals surface area contributed by atoms with Crippen LogP contribution in [0.5, 0.6) is 17.2 Å². The third kappa shape index (κ3) is 1.85. The molecule has 0 spiro atoms. The normalized spacial score (nSPS) is 9.79. The van der Waals surface area contributed by atoms with E-state index in [-0.39, 0.29) is 0 Å². The highest BCUT2D eigenvalue weighted by molar-refractivity contribution is 5.33. The van der Waals surface area contributed by atoms with Crippen molar-refractivity contribution in [3.8, 4) is 17.2 Å². The van der Waals surface area contributed by atoms with E-state index in [1.54, 1.807) is 7.11 Å². The van der Waals surface area contributed by atoms with Gasteiger partial charge in [0.05, 0.1) is 7.11 Å². The second-order valence-electron chi connectivity index (χ2n) is 2.64. The van der Waals surface area contributed by atoms with Crippen molar-refractivity contribution in [3.05, 3.63) is 36.7 Å². The smallest absolute Gasteiger partial charge is 0.186 e. The highest BCUT2D eigenvalue weighted by atomic mass is 16.5. The Balaban J connectivity index is 2.10. The molecule has 0 bridgehead atoms. The molecule has 0 aliphatic carbocycles. The molecule has 0 fully saturated rings. The number of aromatic nitrogens is 1. The predicted octanol–water partition coefficient (Wildman–Crippen LogP) is 2.48. The van der Waals surface area contributed by atoms with Crippen LogP contribution in [0.3, 0.4) is 0 Å². The SMILES string of the molecule is COc1ccc(Oc2cnoc2)cc1. The van der Waals surface area contributed by atoms with Crippen molar-refractivity contribution in [1.82, 2.24) is 5.16 Å². The van der Waals surface area contributed by atoms with Crippen LogP contribution >= 0.6 is 0 Å². The zero-order valence-electron chi connectivity index (χ0n) is 7.64. The summed E-state index contributed by atoms with van der Waals surface area (Å²) in [6, 6.07) is 7.27. The molecular weight excluding hydrogens is 182 g/mol. The Morgan fingerprint density at radius 2 is 1.79 bits per heavy atom. The molecule has 0 aliphatic heterocycles. The first-order chi connectivity index (χ1) is 6.88. The molecule has 2 rings (SSSR count). The molecule has 14 heavy (non-hydrogen) atoms. The molecule has 0 unspecified atom stereocenters. The number of ether oxygens (including phenoxy) is 2. The first kappa shape index (κ1) is 8.62. The quantitative estimate of drug-likeness (QED) is 0.747. The van der Waals surface area contributed by atoms with Gasteiger partial charge in [-0.15, -0.1) is 0 Å². The lowest BCUT2D eigenvalue weighted by Gasteiger charge is -2.02. The Hall–Kier alpha value is -1.97. The molecule has 2 aromatic rings. The van der Waals surface area contributed by atoms with Gasteiger partial charge in [-0.05, 0) is 24.3 Å². The summed E-state index contributed by atoms with van der Waals surface area (Å²) in [6.45, 7) is 0. The van der Waals surface area contributed by atoms with E-state index in [2.05, 4.69) is 9.68 Å². The molecule has 0 radical (unpaired) electrons. The highest BCUT2D eigenvalue weighted by Gasteiger charge is 1.99. The van der Waals surface area contributed by atoms with E-state index in [9.17, 15) is 0 Å². The Morgan fingerprint density at radius 1 is 1.07 bits per heavy atom. The van der Waals surface area contributed by atoms with Gasteiger partial charge in [-0.1, -0.05) is 5.16 Å². The van der Waals surface area contributed by atoms with Gasteiger partial charge in [0.25, 0.3) is 0 Å². The molecule has 1 aromatic heterocycles. The molecule has 72 valence electrons. The maximum atomic E-state index is 5.41. The number of benzene rings is 1. The van der Waals surface area contributed by atoms with Crippen LogP contribution in [0, 0.1) is 0 Å². The third-order valence-corrected chi connectivity index (χ3v) is 1.70. The summed E-state index contributed by atoms with van der Waals surface area (Å²) in [6.07, 6.45) is 2.94. The van der Waals surface area contributed by atoms with E-state index in [1.165, 1.54) is 12.5 Å². The molecular formula is C10H9NO3. The maximum Gasteiger partial charge on any atom is 0.186 e. The van der Waals surface area contributed by atoms with Crippen molar-refractivity contribution in [2.45, 2.75) is 0 Å². The van der Waals surface area contributed by atoms with Crippen LogP contribution in [0.2, 0.25) is 0 Å². The van der Waals surface area contributed by atoms with Crippen molar-refractivity contribution in [1.29, 1.82) is 0 Å². The first-order valence-electron chi connectivity index (χ1n) is 4.10. The lowest BCUT2D eigenvalue weighted by Crippen LogP contribution is -1.84. The van der Waals surface area contributed by atoms with E-state index in [0.29, 0.717) is 11.5 Å². The van der Waals surface area contributed by atoms with Crippen LogP contribution in [-0.4, -0.2) is 12.3 Å². The van der Waals surface area contributed by atoms with Gasteiger partial charge in [0, 0.05) is 0 Å². The van der Waals surface area contributed by atoms with Crippen LogP contribution in [0.25, 0.3) is 0 Å². The summed E-state index contributed by atoms with van der Waals surface area (Å²) >= 11 is 0. The first-order valence-corrected chi connectivity index (χ1v) is 4.10.